The van der Waals surface area contributed by atoms with E-state index < -0.39 is 0 Å². The number of ether oxygens (including phenoxy) is 1. The molecule has 0 spiro atoms. The van der Waals surface area contributed by atoms with E-state index in [0.29, 0.717) is 11.8 Å². The van der Waals surface area contributed by atoms with Crippen LogP contribution in [-0.2, 0) is 9.53 Å². The van der Waals surface area contributed by atoms with Crippen LogP contribution in [-0.4, -0.2) is 12.1 Å². The summed E-state index contributed by atoms with van der Waals surface area (Å²) < 4.78 is 6.06. The number of carbonyl (C=O) groups excluding carboxylic acids is 1. The molecule has 2 heteroatoms. The Morgan fingerprint density at radius 2 is 1.79 bits per heavy atom. The van der Waals surface area contributed by atoms with Gasteiger partial charge in [-0.05, 0) is 50.0 Å². The Balaban J connectivity index is 1.70. The first kappa shape index (κ1) is 17.3. The van der Waals surface area contributed by atoms with Gasteiger partial charge in [0.1, 0.15) is 6.10 Å². The van der Waals surface area contributed by atoms with Crippen LogP contribution in [0.3, 0.4) is 0 Å². The lowest BCUT2D eigenvalue weighted by Crippen LogP contribution is -2.30. The molecule has 0 amide bonds. The van der Waals surface area contributed by atoms with Gasteiger partial charge in [-0.2, -0.15) is 0 Å². The lowest BCUT2D eigenvalue weighted by Gasteiger charge is -2.31. The Morgan fingerprint density at radius 1 is 1.12 bits per heavy atom. The Bertz CT molecular complexity index is 610. The molecule has 24 heavy (non-hydrogen) atoms. The second-order valence-corrected chi connectivity index (χ2v) is 8.35. The van der Waals surface area contributed by atoms with Crippen LogP contribution in [0.2, 0.25) is 0 Å². The van der Waals surface area contributed by atoms with Crippen molar-refractivity contribution in [2.24, 2.45) is 17.3 Å². The molecule has 0 aromatic heterocycles. The SMILES string of the molecule is CC(C)=CC1C(C(=O)OC2CCCCC2c2ccccc2)C1(C)C. The second kappa shape index (κ2) is 6.74. The lowest BCUT2D eigenvalue weighted by atomic mass is 9.81. The van der Waals surface area contributed by atoms with Gasteiger partial charge in [-0.3, -0.25) is 4.79 Å². The van der Waals surface area contributed by atoms with Crippen molar-refractivity contribution in [3.05, 3.63) is 47.5 Å². The van der Waals surface area contributed by atoms with Gasteiger partial charge >= 0.3 is 5.97 Å². The van der Waals surface area contributed by atoms with Gasteiger partial charge in [-0.25, -0.2) is 0 Å². The number of benzene rings is 1. The summed E-state index contributed by atoms with van der Waals surface area (Å²) >= 11 is 0. The summed E-state index contributed by atoms with van der Waals surface area (Å²) in [5.41, 5.74) is 2.62. The summed E-state index contributed by atoms with van der Waals surface area (Å²) in [4.78, 5) is 12.8. The standard InChI is InChI=1S/C22H30O2/c1-15(2)14-18-20(22(18,3)4)21(23)24-19-13-9-8-12-17(19)16-10-6-5-7-11-16/h5-7,10-11,14,17-20H,8-9,12-13H2,1-4H3. The zero-order chi connectivity index (χ0) is 17.3. The average Bonchev–Trinajstić information content (AvgIpc) is 3.08. The minimum absolute atomic E-state index is 0.00957. The molecule has 1 aromatic rings. The molecule has 2 nitrogen and oxygen atoms in total. The Labute approximate surface area is 146 Å². The van der Waals surface area contributed by atoms with Crippen LogP contribution in [0.25, 0.3) is 0 Å². The van der Waals surface area contributed by atoms with Crippen LogP contribution in [0.5, 0.6) is 0 Å². The maximum atomic E-state index is 12.8. The van der Waals surface area contributed by atoms with E-state index in [4.69, 9.17) is 4.74 Å². The number of carbonyl (C=O) groups is 1. The molecule has 0 bridgehead atoms. The molecule has 0 saturated heterocycles. The molecule has 2 aliphatic rings. The molecule has 4 unspecified atom stereocenters. The first-order chi connectivity index (χ1) is 11.4. The van der Waals surface area contributed by atoms with Crippen molar-refractivity contribution in [2.45, 2.75) is 65.4 Å². The van der Waals surface area contributed by atoms with Crippen LogP contribution in [0.15, 0.2) is 42.0 Å². The molecular weight excluding hydrogens is 296 g/mol. The summed E-state index contributed by atoms with van der Waals surface area (Å²) in [5.74, 6) is 0.711. The summed E-state index contributed by atoms with van der Waals surface area (Å²) in [5, 5.41) is 0. The molecule has 3 rings (SSSR count). The maximum absolute atomic E-state index is 12.8. The highest BCUT2D eigenvalue weighted by Gasteiger charge is 2.61. The fourth-order valence-corrected chi connectivity index (χ4v) is 4.34. The van der Waals surface area contributed by atoms with Gasteiger partial charge in [-0.1, -0.05) is 62.2 Å². The van der Waals surface area contributed by atoms with Gasteiger partial charge in [0.25, 0.3) is 0 Å². The largest absolute Gasteiger partial charge is 0.461 e. The molecule has 0 aliphatic heterocycles. The van der Waals surface area contributed by atoms with E-state index in [-0.39, 0.29) is 23.4 Å². The van der Waals surface area contributed by atoms with Crippen molar-refractivity contribution < 1.29 is 9.53 Å². The Hall–Kier alpha value is -1.57. The van der Waals surface area contributed by atoms with Crippen LogP contribution >= 0.6 is 0 Å². The summed E-state index contributed by atoms with van der Waals surface area (Å²) in [6, 6.07) is 10.5. The van der Waals surface area contributed by atoms with Crippen LogP contribution in [0.1, 0.15) is 64.9 Å². The monoisotopic (exact) mass is 326 g/mol. The Morgan fingerprint density at radius 3 is 2.46 bits per heavy atom. The number of allylic oxidation sites excluding steroid dienone is 2. The molecule has 2 aliphatic carbocycles. The van der Waals surface area contributed by atoms with E-state index in [9.17, 15) is 4.79 Å². The predicted molar refractivity (Wildman–Crippen MR) is 97.7 cm³/mol. The third-order valence-corrected chi connectivity index (χ3v) is 5.88. The molecule has 0 heterocycles. The van der Waals surface area contributed by atoms with Crippen molar-refractivity contribution >= 4 is 5.97 Å². The average molecular weight is 326 g/mol. The lowest BCUT2D eigenvalue weighted by molar-refractivity contribution is -0.154. The van der Waals surface area contributed by atoms with E-state index in [1.807, 2.05) is 6.07 Å². The van der Waals surface area contributed by atoms with Gasteiger partial charge in [0.05, 0.1) is 5.92 Å². The van der Waals surface area contributed by atoms with E-state index >= 15 is 0 Å². The van der Waals surface area contributed by atoms with Crippen LogP contribution < -0.4 is 0 Å². The fraction of sp³-hybridized carbons (Fsp3) is 0.591. The zero-order valence-corrected chi connectivity index (χ0v) is 15.4. The summed E-state index contributed by atoms with van der Waals surface area (Å²) in [6.07, 6.45) is 6.77. The quantitative estimate of drug-likeness (QED) is 0.540. The second-order valence-electron chi connectivity index (χ2n) is 8.35. The number of hydrogen-bond acceptors (Lipinski definition) is 2. The third-order valence-electron chi connectivity index (χ3n) is 5.88. The van der Waals surface area contributed by atoms with Crippen molar-refractivity contribution in [3.63, 3.8) is 0 Å². The van der Waals surface area contributed by atoms with Gasteiger partial charge < -0.3 is 4.74 Å². The van der Waals surface area contributed by atoms with Crippen molar-refractivity contribution in [3.8, 4) is 0 Å². The van der Waals surface area contributed by atoms with Gasteiger partial charge in [0, 0.05) is 5.92 Å². The molecule has 0 radical (unpaired) electrons. The summed E-state index contributed by atoms with van der Waals surface area (Å²) in [7, 11) is 0. The molecular formula is C22H30O2. The number of rotatable bonds is 4. The van der Waals surface area contributed by atoms with Crippen molar-refractivity contribution in [1.29, 1.82) is 0 Å². The van der Waals surface area contributed by atoms with Crippen LogP contribution in [0.4, 0.5) is 0 Å². The Kier molecular flexibility index (Phi) is 4.85. The summed E-state index contributed by atoms with van der Waals surface area (Å²) in [6.45, 7) is 8.56. The normalized spacial score (nSPS) is 31.2. The van der Waals surface area contributed by atoms with E-state index in [1.165, 1.54) is 17.6 Å². The van der Waals surface area contributed by atoms with Gasteiger partial charge in [-0.15, -0.1) is 0 Å². The maximum Gasteiger partial charge on any atom is 0.310 e. The first-order valence-corrected chi connectivity index (χ1v) is 9.31. The van der Waals surface area contributed by atoms with Gasteiger partial charge in [0.15, 0.2) is 0 Å². The van der Waals surface area contributed by atoms with E-state index in [1.54, 1.807) is 0 Å². The highest BCUT2D eigenvalue weighted by Crippen LogP contribution is 2.60. The highest BCUT2D eigenvalue weighted by molar-refractivity contribution is 5.78. The predicted octanol–water partition coefficient (Wildman–Crippen LogP) is 5.49. The molecule has 2 saturated carbocycles. The molecule has 4 atom stereocenters. The van der Waals surface area contributed by atoms with Crippen molar-refractivity contribution in [1.82, 2.24) is 0 Å². The minimum Gasteiger partial charge on any atom is -0.461 e. The molecule has 0 N–H and O–H groups in total. The molecule has 130 valence electrons. The highest BCUT2D eigenvalue weighted by atomic mass is 16.5. The molecule has 2 fully saturated rings. The topological polar surface area (TPSA) is 26.3 Å². The van der Waals surface area contributed by atoms with Gasteiger partial charge in [0.2, 0.25) is 0 Å². The van der Waals surface area contributed by atoms with E-state index in [2.05, 4.69) is 58.0 Å². The zero-order valence-electron chi connectivity index (χ0n) is 15.4. The smallest absolute Gasteiger partial charge is 0.310 e. The van der Waals surface area contributed by atoms with E-state index in [0.717, 1.165) is 19.3 Å². The fourth-order valence-electron chi connectivity index (χ4n) is 4.34. The number of esters is 1. The third kappa shape index (κ3) is 3.43. The minimum atomic E-state index is 0.00957. The van der Waals surface area contributed by atoms with Crippen LogP contribution in [0, 0.1) is 17.3 Å². The first-order valence-electron chi connectivity index (χ1n) is 9.31. The van der Waals surface area contributed by atoms with Crippen molar-refractivity contribution in [2.75, 3.05) is 0 Å². The molecule has 1 aromatic carbocycles. The number of hydrogen-bond donors (Lipinski definition) is 0.